The van der Waals surface area contributed by atoms with Gasteiger partial charge in [-0.15, -0.1) is 11.3 Å². The van der Waals surface area contributed by atoms with Crippen molar-refractivity contribution >= 4 is 27.0 Å². The third-order valence-corrected chi connectivity index (χ3v) is 6.57. The van der Waals surface area contributed by atoms with Crippen molar-refractivity contribution in [3.63, 3.8) is 0 Å². The second kappa shape index (κ2) is 6.05. The third-order valence-electron chi connectivity index (χ3n) is 3.43. The van der Waals surface area contributed by atoms with Crippen molar-refractivity contribution in [2.45, 2.75) is 17.7 Å². The number of nitrogens with zero attached hydrogens (tertiary/aromatic N) is 2. The molecular weight excluding hydrogens is 334 g/mol. The zero-order valence-corrected chi connectivity index (χ0v) is 13.9. The van der Waals surface area contributed by atoms with Crippen molar-refractivity contribution in [1.82, 2.24) is 10.2 Å². The molecule has 0 fully saturated rings. The number of hydrogen-bond donors (Lipinski definition) is 2. The van der Waals surface area contributed by atoms with E-state index in [9.17, 15) is 13.5 Å². The van der Waals surface area contributed by atoms with Crippen LogP contribution in [0.1, 0.15) is 11.3 Å². The summed E-state index contributed by atoms with van der Waals surface area (Å²) in [6.45, 7) is 2.00. The van der Waals surface area contributed by atoms with Gasteiger partial charge in [-0.2, -0.15) is 5.10 Å². The van der Waals surface area contributed by atoms with Gasteiger partial charge < -0.3 is 5.11 Å². The highest BCUT2D eigenvalue weighted by atomic mass is 32.2. The van der Waals surface area contributed by atoms with Crippen LogP contribution in [0, 0.1) is 6.92 Å². The lowest BCUT2D eigenvalue weighted by Crippen LogP contribution is -2.30. The molecule has 0 bridgehead atoms. The summed E-state index contributed by atoms with van der Waals surface area (Å²) in [5.74, 6) is 0.0849. The number of nitrogens with one attached hydrogen (secondary N) is 1. The summed E-state index contributed by atoms with van der Waals surface area (Å²) in [6.07, 6.45) is 1.62. The molecule has 0 radical (unpaired) electrons. The van der Waals surface area contributed by atoms with Crippen molar-refractivity contribution in [3.05, 3.63) is 59.2 Å². The molecule has 2 N–H and O–H groups in total. The van der Waals surface area contributed by atoms with Gasteiger partial charge in [-0.1, -0.05) is 6.07 Å². The zero-order chi connectivity index (χ0) is 16.4. The second-order valence-electron chi connectivity index (χ2n) is 4.98. The van der Waals surface area contributed by atoms with Gasteiger partial charge in [-0.05, 0) is 42.6 Å². The van der Waals surface area contributed by atoms with Crippen LogP contribution in [0.25, 0.3) is 0 Å². The summed E-state index contributed by atoms with van der Waals surface area (Å²) in [6, 6.07) is 9.38. The van der Waals surface area contributed by atoms with Crippen LogP contribution in [-0.4, -0.2) is 23.7 Å². The van der Waals surface area contributed by atoms with Crippen LogP contribution < -0.4 is 4.31 Å². The van der Waals surface area contributed by atoms with Crippen LogP contribution in [0.3, 0.4) is 0 Å². The summed E-state index contributed by atoms with van der Waals surface area (Å²) in [5, 5.41) is 17.9. The molecule has 6 nitrogen and oxygen atoms in total. The van der Waals surface area contributed by atoms with Gasteiger partial charge in [0, 0.05) is 11.3 Å². The van der Waals surface area contributed by atoms with E-state index in [4.69, 9.17) is 0 Å². The molecule has 0 amide bonds. The Balaban J connectivity index is 2.06. The fourth-order valence-corrected chi connectivity index (χ4v) is 4.69. The lowest BCUT2D eigenvalue weighted by atomic mass is 10.2. The molecule has 0 spiro atoms. The number of benzene rings is 1. The number of rotatable bonds is 5. The van der Waals surface area contributed by atoms with Gasteiger partial charge in [0.25, 0.3) is 10.0 Å². The summed E-state index contributed by atoms with van der Waals surface area (Å²) in [4.78, 5) is 0. The maximum atomic E-state index is 13.0. The molecule has 0 atom stereocenters. The Labute approximate surface area is 138 Å². The number of H-pyrrole nitrogens is 1. The van der Waals surface area contributed by atoms with E-state index in [0.29, 0.717) is 5.69 Å². The molecule has 0 saturated carbocycles. The van der Waals surface area contributed by atoms with E-state index in [1.165, 1.54) is 27.8 Å². The first-order valence-corrected chi connectivity index (χ1v) is 9.14. The smallest absolute Gasteiger partial charge is 0.274 e. The van der Waals surface area contributed by atoms with E-state index in [2.05, 4.69) is 10.2 Å². The van der Waals surface area contributed by atoms with Crippen LogP contribution in [0.15, 0.2) is 52.2 Å². The zero-order valence-electron chi connectivity index (χ0n) is 12.3. The number of aromatic amines is 1. The van der Waals surface area contributed by atoms with Gasteiger partial charge in [0.05, 0.1) is 18.4 Å². The Morgan fingerprint density at radius 3 is 2.57 bits per heavy atom. The van der Waals surface area contributed by atoms with Gasteiger partial charge in [0.2, 0.25) is 0 Å². The topological polar surface area (TPSA) is 86.3 Å². The molecule has 8 heteroatoms. The number of aromatic hydroxyl groups is 1. The molecule has 0 aliphatic carbocycles. The Bertz CT molecular complexity index is 884. The minimum atomic E-state index is -3.69. The Morgan fingerprint density at radius 1 is 1.26 bits per heavy atom. The molecule has 3 rings (SSSR count). The number of anilines is 1. The molecule has 0 aliphatic heterocycles. The summed E-state index contributed by atoms with van der Waals surface area (Å²) >= 11 is 1.17. The summed E-state index contributed by atoms with van der Waals surface area (Å²) in [5.41, 5.74) is 2.09. The third kappa shape index (κ3) is 3.08. The fourth-order valence-electron chi connectivity index (χ4n) is 2.14. The van der Waals surface area contributed by atoms with E-state index in [1.807, 2.05) is 6.92 Å². The van der Waals surface area contributed by atoms with E-state index in [0.717, 1.165) is 11.3 Å². The van der Waals surface area contributed by atoms with Gasteiger partial charge >= 0.3 is 0 Å². The SMILES string of the molecule is Cc1[nH]ncc1CN(c1ccc(O)cc1)S(=O)(=O)c1cccs1. The Morgan fingerprint density at radius 2 is 2.00 bits per heavy atom. The van der Waals surface area contributed by atoms with Crippen LogP contribution >= 0.6 is 11.3 Å². The fraction of sp³-hybridized carbons (Fsp3) is 0.133. The predicted octanol–water partition coefficient (Wildman–Crippen LogP) is 2.88. The average molecular weight is 349 g/mol. The van der Waals surface area contributed by atoms with Crippen molar-refractivity contribution in [2.24, 2.45) is 0 Å². The second-order valence-corrected chi connectivity index (χ2v) is 8.02. The quantitative estimate of drug-likeness (QED) is 0.741. The largest absolute Gasteiger partial charge is 0.508 e. The molecule has 23 heavy (non-hydrogen) atoms. The number of aromatic nitrogens is 2. The van der Waals surface area contributed by atoms with Gasteiger partial charge in [0.15, 0.2) is 0 Å². The molecule has 2 aromatic heterocycles. The van der Waals surface area contributed by atoms with Crippen molar-refractivity contribution in [3.8, 4) is 5.75 Å². The molecule has 2 heterocycles. The molecule has 0 aliphatic rings. The van der Waals surface area contributed by atoms with Crippen LogP contribution in [0.5, 0.6) is 5.75 Å². The van der Waals surface area contributed by atoms with Crippen LogP contribution in [0.4, 0.5) is 5.69 Å². The first kappa shape index (κ1) is 15.6. The van der Waals surface area contributed by atoms with Crippen LogP contribution in [0.2, 0.25) is 0 Å². The first-order chi connectivity index (χ1) is 11.0. The number of sulfonamides is 1. The monoisotopic (exact) mass is 349 g/mol. The lowest BCUT2D eigenvalue weighted by Gasteiger charge is -2.23. The van der Waals surface area contributed by atoms with Gasteiger partial charge in [-0.25, -0.2) is 8.42 Å². The number of aryl methyl sites for hydroxylation is 1. The van der Waals surface area contributed by atoms with Crippen molar-refractivity contribution in [1.29, 1.82) is 0 Å². The van der Waals surface area contributed by atoms with Crippen molar-refractivity contribution in [2.75, 3.05) is 4.31 Å². The van der Waals surface area contributed by atoms with Crippen molar-refractivity contribution < 1.29 is 13.5 Å². The number of phenols is 1. The van der Waals surface area contributed by atoms with E-state index < -0.39 is 10.0 Å². The Hall–Kier alpha value is -2.32. The highest BCUT2D eigenvalue weighted by molar-refractivity contribution is 7.94. The van der Waals surface area contributed by atoms with E-state index in [1.54, 1.807) is 35.8 Å². The highest BCUT2D eigenvalue weighted by Gasteiger charge is 2.27. The van der Waals surface area contributed by atoms with E-state index in [-0.39, 0.29) is 16.5 Å². The maximum Gasteiger partial charge on any atom is 0.274 e. The first-order valence-electron chi connectivity index (χ1n) is 6.82. The maximum absolute atomic E-state index is 13.0. The normalized spacial score (nSPS) is 11.5. The average Bonchev–Trinajstić information content (AvgIpc) is 3.18. The minimum Gasteiger partial charge on any atom is -0.508 e. The molecule has 1 aromatic carbocycles. The van der Waals surface area contributed by atoms with Crippen LogP contribution in [-0.2, 0) is 16.6 Å². The Kier molecular flexibility index (Phi) is 4.10. The molecule has 0 unspecified atom stereocenters. The van der Waals surface area contributed by atoms with Gasteiger partial charge in [0.1, 0.15) is 9.96 Å². The van der Waals surface area contributed by atoms with Gasteiger partial charge in [-0.3, -0.25) is 9.40 Å². The number of hydrogen-bond acceptors (Lipinski definition) is 5. The standard InChI is InChI=1S/C15H15N3O3S2/c1-11-12(9-16-17-11)10-18(13-4-6-14(19)7-5-13)23(20,21)15-3-2-8-22-15/h2-9,19H,10H2,1H3,(H,16,17). The summed E-state index contributed by atoms with van der Waals surface area (Å²) < 4.78 is 27.5. The molecular formula is C15H15N3O3S2. The number of phenolic OH excluding ortho intramolecular Hbond substituents is 1. The molecule has 0 saturated heterocycles. The molecule has 3 aromatic rings. The highest BCUT2D eigenvalue weighted by Crippen LogP contribution is 2.29. The number of thiophene rings is 1. The lowest BCUT2D eigenvalue weighted by molar-refractivity contribution is 0.475. The minimum absolute atomic E-state index is 0.0849. The molecule has 120 valence electrons. The van der Waals surface area contributed by atoms with E-state index >= 15 is 0 Å². The predicted molar refractivity (Wildman–Crippen MR) is 89.1 cm³/mol. The summed E-state index contributed by atoms with van der Waals surface area (Å²) in [7, 11) is -3.69.